The molecule has 5 N–H and O–H groups in total. The fourth-order valence-electron chi connectivity index (χ4n) is 3.17. The summed E-state index contributed by atoms with van der Waals surface area (Å²) in [5.74, 6) is 1.00. The van der Waals surface area contributed by atoms with Gasteiger partial charge in [-0.15, -0.1) is 0 Å². The van der Waals surface area contributed by atoms with E-state index in [0.29, 0.717) is 35.2 Å². The lowest BCUT2D eigenvalue weighted by atomic mass is 9.89. The van der Waals surface area contributed by atoms with Crippen LogP contribution in [0.3, 0.4) is 0 Å². The Kier molecular flexibility index (Phi) is 5.96. The van der Waals surface area contributed by atoms with Crippen molar-refractivity contribution in [1.29, 1.82) is 5.26 Å². The van der Waals surface area contributed by atoms with Gasteiger partial charge in [-0.3, -0.25) is 9.36 Å². The lowest BCUT2D eigenvalue weighted by molar-refractivity contribution is 0.0457. The van der Waals surface area contributed by atoms with Crippen molar-refractivity contribution in [3.8, 4) is 6.07 Å². The lowest BCUT2D eigenvalue weighted by Gasteiger charge is -2.34. The molecule has 0 radical (unpaired) electrons. The molecule has 0 saturated heterocycles. The van der Waals surface area contributed by atoms with E-state index in [1.54, 1.807) is 22.8 Å². The zero-order valence-electron chi connectivity index (χ0n) is 15.7. The highest BCUT2D eigenvalue weighted by molar-refractivity contribution is 6.35. The van der Waals surface area contributed by atoms with E-state index >= 15 is 0 Å². The van der Waals surface area contributed by atoms with Crippen molar-refractivity contribution in [3.05, 3.63) is 51.3 Å². The fraction of sp³-hybridized carbons (Fsp3) is 0.316. The quantitative estimate of drug-likeness (QED) is 0.574. The second kappa shape index (κ2) is 8.43. The number of nitrogens with zero attached hydrogens (tertiary/aromatic N) is 5. The lowest BCUT2D eigenvalue weighted by Crippen LogP contribution is -2.38. The summed E-state index contributed by atoms with van der Waals surface area (Å²) in [5.41, 5.74) is 11.2. The molecule has 10 heteroatoms. The minimum atomic E-state index is -0.302. The van der Waals surface area contributed by atoms with Gasteiger partial charge in [-0.05, 0) is 25.0 Å². The molecule has 9 nitrogen and oxygen atoms in total. The van der Waals surface area contributed by atoms with E-state index in [-0.39, 0.29) is 34.9 Å². The summed E-state index contributed by atoms with van der Waals surface area (Å²) in [5, 5.41) is 18.8. The van der Waals surface area contributed by atoms with Gasteiger partial charge in [0.2, 0.25) is 0 Å². The van der Waals surface area contributed by atoms with E-state index in [0.717, 1.165) is 5.82 Å². The first-order valence-corrected chi connectivity index (χ1v) is 9.38. The number of fused-ring (bicyclic) bond motifs is 1. The number of benzene rings is 1. The van der Waals surface area contributed by atoms with Gasteiger partial charge in [-0.25, -0.2) is 15.0 Å². The number of aliphatic hydroxyl groups excluding tert-OH is 1. The number of halogens is 1. The van der Waals surface area contributed by atoms with Crippen molar-refractivity contribution < 1.29 is 5.11 Å². The Morgan fingerprint density at radius 2 is 1.97 bits per heavy atom. The number of anilines is 2. The third-order valence-electron chi connectivity index (χ3n) is 4.74. The number of rotatable bonds is 2. The molecule has 1 aromatic carbocycles. The van der Waals surface area contributed by atoms with Crippen LogP contribution in [-0.2, 0) is 6.42 Å². The highest BCUT2D eigenvalue weighted by Gasteiger charge is 2.31. The van der Waals surface area contributed by atoms with Crippen molar-refractivity contribution in [2.24, 2.45) is 0 Å². The van der Waals surface area contributed by atoms with Crippen LogP contribution in [0, 0.1) is 11.3 Å². The molecule has 0 amide bonds. The Bertz CT molecular complexity index is 1130. The number of aliphatic hydroxyl groups is 1. The highest BCUT2D eigenvalue weighted by atomic mass is 35.5. The molecular weight excluding hydrogens is 394 g/mol. The topological polar surface area (TPSA) is 157 Å². The van der Waals surface area contributed by atoms with Crippen LogP contribution >= 0.6 is 11.6 Å². The third kappa shape index (κ3) is 3.99. The normalized spacial score (nSPS) is 17.7. The molecule has 3 aromatic rings. The number of nitrogens with two attached hydrogens (primary N) is 2. The predicted molar refractivity (Wildman–Crippen MR) is 110 cm³/mol. The molecule has 1 aliphatic carbocycles. The minimum Gasteiger partial charge on any atom is -0.393 e. The number of nitriles is 1. The maximum Gasteiger partial charge on any atom is 0.263 e. The average Bonchev–Trinajstić information content (AvgIpc) is 2.66. The van der Waals surface area contributed by atoms with Crippen LogP contribution in [0.5, 0.6) is 0 Å². The zero-order chi connectivity index (χ0) is 21.1. The van der Waals surface area contributed by atoms with E-state index in [1.807, 2.05) is 13.0 Å². The second-order valence-electron chi connectivity index (χ2n) is 6.60. The van der Waals surface area contributed by atoms with Crippen LogP contribution in [0.15, 0.2) is 29.3 Å². The van der Waals surface area contributed by atoms with Crippen molar-refractivity contribution in [2.75, 3.05) is 11.5 Å². The van der Waals surface area contributed by atoms with E-state index in [4.69, 9.17) is 28.3 Å². The molecule has 0 atom stereocenters. The summed E-state index contributed by atoms with van der Waals surface area (Å²) in [6.45, 7) is 1.98. The molecule has 150 valence electrons. The van der Waals surface area contributed by atoms with Gasteiger partial charge in [0.25, 0.3) is 5.56 Å². The SMILES string of the molecule is CCc1nc2cccc(Cl)c2c(=O)n1C1CC(O)C1.N#Cc1c(N)ncnc1N. The Labute approximate surface area is 171 Å². The minimum absolute atomic E-state index is 0.0469. The van der Waals surface area contributed by atoms with Crippen LogP contribution in [-0.4, -0.2) is 30.7 Å². The smallest absolute Gasteiger partial charge is 0.263 e. The fourth-order valence-corrected chi connectivity index (χ4v) is 3.42. The summed E-state index contributed by atoms with van der Waals surface area (Å²) in [6, 6.07) is 7.15. The summed E-state index contributed by atoms with van der Waals surface area (Å²) in [6.07, 6.45) is 2.83. The molecule has 2 heterocycles. The first-order chi connectivity index (χ1) is 13.9. The number of hydrogen-bond acceptors (Lipinski definition) is 8. The van der Waals surface area contributed by atoms with Crippen LogP contribution in [0.1, 0.15) is 37.2 Å². The van der Waals surface area contributed by atoms with Gasteiger partial charge in [-0.1, -0.05) is 24.6 Å². The number of hydrogen-bond donors (Lipinski definition) is 3. The summed E-state index contributed by atoms with van der Waals surface area (Å²) >= 11 is 6.12. The molecular formula is C19H20ClN7O2. The Morgan fingerprint density at radius 3 is 2.48 bits per heavy atom. The molecule has 0 spiro atoms. The zero-order valence-corrected chi connectivity index (χ0v) is 16.5. The van der Waals surface area contributed by atoms with Crippen molar-refractivity contribution >= 4 is 34.1 Å². The Balaban J connectivity index is 0.000000204. The van der Waals surface area contributed by atoms with Crippen LogP contribution < -0.4 is 17.0 Å². The van der Waals surface area contributed by atoms with Crippen molar-refractivity contribution in [3.63, 3.8) is 0 Å². The Morgan fingerprint density at radius 1 is 1.31 bits per heavy atom. The molecule has 1 saturated carbocycles. The molecule has 29 heavy (non-hydrogen) atoms. The molecule has 2 aromatic heterocycles. The van der Waals surface area contributed by atoms with E-state index in [1.165, 1.54) is 6.33 Å². The molecule has 0 unspecified atom stereocenters. The number of aryl methyl sites for hydroxylation is 1. The van der Waals surface area contributed by atoms with E-state index < -0.39 is 0 Å². The highest BCUT2D eigenvalue weighted by Crippen LogP contribution is 2.32. The van der Waals surface area contributed by atoms with Crippen LogP contribution in [0.25, 0.3) is 10.9 Å². The summed E-state index contributed by atoms with van der Waals surface area (Å²) in [7, 11) is 0. The molecule has 1 fully saturated rings. The van der Waals surface area contributed by atoms with Crippen molar-refractivity contribution in [2.45, 2.75) is 38.3 Å². The molecule has 4 rings (SSSR count). The van der Waals surface area contributed by atoms with Gasteiger partial charge < -0.3 is 16.6 Å². The standard InChI is InChI=1S/C14H15ClN2O2.C5H5N5/c1-2-12-16-11-5-3-4-10(15)13(11)14(19)17(12)8-6-9(18)7-8;6-1-3-4(7)9-2-10-5(3)8/h3-5,8-9,18H,2,6-7H2,1H3;2H,(H4,7,8,9,10). The first kappa shape index (κ1) is 20.5. The molecule has 0 bridgehead atoms. The maximum absolute atomic E-state index is 12.6. The van der Waals surface area contributed by atoms with Gasteiger partial charge in [0.15, 0.2) is 0 Å². The van der Waals surface area contributed by atoms with Crippen LogP contribution in [0.2, 0.25) is 5.02 Å². The average molecular weight is 414 g/mol. The predicted octanol–water partition coefficient (Wildman–Crippen LogP) is 1.82. The second-order valence-corrected chi connectivity index (χ2v) is 7.01. The van der Waals surface area contributed by atoms with E-state index in [9.17, 15) is 9.90 Å². The van der Waals surface area contributed by atoms with Gasteiger partial charge in [0, 0.05) is 12.5 Å². The summed E-state index contributed by atoms with van der Waals surface area (Å²) in [4.78, 5) is 24.3. The van der Waals surface area contributed by atoms with Gasteiger partial charge in [0.1, 0.15) is 35.4 Å². The molecule has 0 aliphatic heterocycles. The maximum atomic E-state index is 12.6. The van der Waals surface area contributed by atoms with E-state index in [2.05, 4.69) is 15.0 Å². The third-order valence-corrected chi connectivity index (χ3v) is 5.05. The van der Waals surface area contributed by atoms with Crippen molar-refractivity contribution in [1.82, 2.24) is 19.5 Å². The summed E-state index contributed by atoms with van der Waals surface area (Å²) < 4.78 is 1.71. The number of nitrogen functional groups attached to an aromatic ring is 2. The van der Waals surface area contributed by atoms with Gasteiger partial charge in [-0.2, -0.15) is 5.26 Å². The Hall–Kier alpha value is -3.22. The largest absolute Gasteiger partial charge is 0.393 e. The number of aromatic nitrogens is 4. The first-order valence-electron chi connectivity index (χ1n) is 9.01. The van der Waals surface area contributed by atoms with Crippen LogP contribution in [0.4, 0.5) is 11.6 Å². The molecule has 1 aliphatic rings. The van der Waals surface area contributed by atoms with Gasteiger partial charge >= 0.3 is 0 Å². The van der Waals surface area contributed by atoms with Gasteiger partial charge in [0.05, 0.1) is 22.0 Å². The monoisotopic (exact) mass is 413 g/mol.